The first kappa shape index (κ1) is 14.4. The Morgan fingerprint density at radius 1 is 0.905 bits per heavy atom. The van der Waals surface area contributed by atoms with Gasteiger partial charge in [-0.1, -0.05) is 48.5 Å². The molecule has 1 aliphatic carbocycles. The number of ether oxygens (including phenoxy) is 2. The van der Waals surface area contributed by atoms with E-state index in [0.29, 0.717) is 6.61 Å². The molecule has 2 nitrogen and oxygen atoms in total. The van der Waals surface area contributed by atoms with Crippen LogP contribution in [0.5, 0.6) is 5.75 Å². The summed E-state index contributed by atoms with van der Waals surface area (Å²) in [5.41, 5.74) is 1.20. The number of hydrogen-bond acceptors (Lipinski definition) is 2. The minimum Gasteiger partial charge on any atom is -0.485 e. The Morgan fingerprint density at radius 2 is 1.62 bits per heavy atom. The van der Waals surface area contributed by atoms with Crippen LogP contribution in [0.1, 0.15) is 12.0 Å². The third-order valence-electron chi connectivity index (χ3n) is 3.43. The largest absolute Gasteiger partial charge is 0.485 e. The fourth-order valence-electron chi connectivity index (χ4n) is 2.33. The van der Waals surface area contributed by atoms with E-state index >= 15 is 0 Å². The van der Waals surface area contributed by atoms with Gasteiger partial charge in [-0.3, -0.25) is 0 Å². The van der Waals surface area contributed by atoms with Crippen molar-refractivity contribution in [2.45, 2.75) is 25.2 Å². The fraction of sp³-hybridized carbons (Fsp3) is 0.222. The van der Waals surface area contributed by atoms with Crippen molar-refractivity contribution in [3.8, 4) is 5.75 Å². The van der Waals surface area contributed by atoms with E-state index < -0.39 is 0 Å². The predicted octanol–water partition coefficient (Wildman–Crippen LogP) is 4.74. The zero-order valence-electron chi connectivity index (χ0n) is 11.6. The third-order valence-corrected chi connectivity index (χ3v) is 4.08. The standard InChI is InChI=1S/C18H17BrO2/c19-17-8-4-5-9-18(17)21-16-11-10-15(12-16)20-13-14-6-2-1-3-7-14/h1-11,15-16H,12-13H2/t15-,16?/m0/s1. The molecule has 0 aromatic heterocycles. The Bertz CT molecular complexity index is 610. The van der Waals surface area contributed by atoms with Gasteiger partial charge < -0.3 is 9.47 Å². The van der Waals surface area contributed by atoms with E-state index in [1.165, 1.54) is 5.56 Å². The van der Waals surface area contributed by atoms with E-state index in [-0.39, 0.29) is 12.2 Å². The van der Waals surface area contributed by atoms with Gasteiger partial charge in [0.2, 0.25) is 0 Å². The lowest BCUT2D eigenvalue weighted by Gasteiger charge is -2.16. The van der Waals surface area contributed by atoms with Crippen molar-refractivity contribution in [3.05, 3.63) is 76.8 Å². The van der Waals surface area contributed by atoms with Gasteiger partial charge in [-0.05, 0) is 39.7 Å². The maximum Gasteiger partial charge on any atom is 0.134 e. The van der Waals surface area contributed by atoms with Gasteiger partial charge in [0.1, 0.15) is 11.9 Å². The molecule has 2 atom stereocenters. The Labute approximate surface area is 133 Å². The molecular weight excluding hydrogens is 328 g/mol. The second-order valence-electron chi connectivity index (χ2n) is 5.04. The molecule has 0 fully saturated rings. The first-order valence-corrected chi connectivity index (χ1v) is 7.85. The zero-order chi connectivity index (χ0) is 14.5. The van der Waals surface area contributed by atoms with Crippen LogP contribution in [-0.2, 0) is 11.3 Å². The van der Waals surface area contributed by atoms with Gasteiger partial charge >= 0.3 is 0 Å². The van der Waals surface area contributed by atoms with Crippen molar-refractivity contribution < 1.29 is 9.47 Å². The van der Waals surface area contributed by atoms with Crippen LogP contribution in [0.15, 0.2) is 71.2 Å². The van der Waals surface area contributed by atoms with Gasteiger partial charge in [0, 0.05) is 6.42 Å². The predicted molar refractivity (Wildman–Crippen MR) is 87.3 cm³/mol. The first-order chi connectivity index (χ1) is 10.3. The van der Waals surface area contributed by atoms with Gasteiger partial charge in [-0.25, -0.2) is 0 Å². The minimum absolute atomic E-state index is 0.0736. The lowest BCUT2D eigenvalue weighted by Crippen LogP contribution is -2.16. The van der Waals surface area contributed by atoms with Crippen molar-refractivity contribution in [2.75, 3.05) is 0 Å². The summed E-state index contributed by atoms with van der Waals surface area (Å²) in [6.07, 6.45) is 5.22. The number of hydrogen-bond donors (Lipinski definition) is 0. The van der Waals surface area contributed by atoms with Crippen LogP contribution in [0.4, 0.5) is 0 Å². The monoisotopic (exact) mass is 344 g/mol. The van der Waals surface area contributed by atoms with Crippen LogP contribution >= 0.6 is 15.9 Å². The van der Waals surface area contributed by atoms with E-state index in [1.807, 2.05) is 42.5 Å². The molecule has 0 aliphatic heterocycles. The van der Waals surface area contributed by atoms with E-state index in [4.69, 9.17) is 9.47 Å². The average molecular weight is 345 g/mol. The van der Waals surface area contributed by atoms with Crippen molar-refractivity contribution in [1.82, 2.24) is 0 Å². The summed E-state index contributed by atoms with van der Waals surface area (Å²) in [6.45, 7) is 0.637. The Morgan fingerprint density at radius 3 is 2.43 bits per heavy atom. The summed E-state index contributed by atoms with van der Waals surface area (Å²) in [5, 5.41) is 0. The highest BCUT2D eigenvalue weighted by atomic mass is 79.9. The highest BCUT2D eigenvalue weighted by Crippen LogP contribution is 2.28. The lowest BCUT2D eigenvalue weighted by molar-refractivity contribution is 0.0563. The van der Waals surface area contributed by atoms with Gasteiger partial charge in [0.25, 0.3) is 0 Å². The molecule has 0 radical (unpaired) electrons. The van der Waals surface area contributed by atoms with Gasteiger partial charge in [0.15, 0.2) is 0 Å². The molecule has 21 heavy (non-hydrogen) atoms. The maximum absolute atomic E-state index is 5.97. The summed E-state index contributed by atoms with van der Waals surface area (Å²) >= 11 is 3.50. The minimum atomic E-state index is 0.0736. The molecule has 108 valence electrons. The van der Waals surface area contributed by atoms with Gasteiger partial charge in [0.05, 0.1) is 17.2 Å². The molecule has 1 aliphatic rings. The highest BCUT2D eigenvalue weighted by molar-refractivity contribution is 9.10. The van der Waals surface area contributed by atoms with E-state index in [1.54, 1.807) is 0 Å². The summed E-state index contributed by atoms with van der Waals surface area (Å²) in [4.78, 5) is 0. The molecule has 2 aromatic carbocycles. The normalized spacial score (nSPS) is 20.6. The van der Waals surface area contributed by atoms with Gasteiger partial charge in [-0.2, -0.15) is 0 Å². The molecule has 0 saturated carbocycles. The number of benzene rings is 2. The van der Waals surface area contributed by atoms with E-state index in [0.717, 1.165) is 16.6 Å². The van der Waals surface area contributed by atoms with Crippen molar-refractivity contribution in [2.24, 2.45) is 0 Å². The molecule has 3 rings (SSSR count). The molecular formula is C18H17BrO2. The quantitative estimate of drug-likeness (QED) is 0.729. The summed E-state index contributed by atoms with van der Waals surface area (Å²) in [7, 11) is 0. The van der Waals surface area contributed by atoms with Gasteiger partial charge in [-0.15, -0.1) is 0 Å². The zero-order valence-corrected chi connectivity index (χ0v) is 13.2. The maximum atomic E-state index is 5.97. The van der Waals surface area contributed by atoms with Crippen LogP contribution in [-0.4, -0.2) is 12.2 Å². The molecule has 1 unspecified atom stereocenters. The Kier molecular flexibility index (Phi) is 4.73. The van der Waals surface area contributed by atoms with E-state index in [9.17, 15) is 0 Å². The lowest BCUT2D eigenvalue weighted by atomic mass is 10.2. The molecule has 0 N–H and O–H groups in total. The molecule has 0 spiro atoms. The van der Waals surface area contributed by atoms with Crippen molar-refractivity contribution >= 4 is 15.9 Å². The average Bonchev–Trinajstić information content (AvgIpc) is 2.96. The molecule has 0 bridgehead atoms. The second kappa shape index (κ2) is 6.92. The molecule has 2 aromatic rings. The smallest absolute Gasteiger partial charge is 0.134 e. The molecule has 0 heterocycles. The summed E-state index contributed by atoms with van der Waals surface area (Å²) in [5.74, 6) is 0.871. The van der Waals surface area contributed by atoms with Crippen LogP contribution in [0.25, 0.3) is 0 Å². The number of para-hydroxylation sites is 1. The number of rotatable bonds is 5. The van der Waals surface area contributed by atoms with Crippen LogP contribution < -0.4 is 4.74 Å². The Balaban J connectivity index is 1.50. The molecule has 0 saturated heterocycles. The SMILES string of the molecule is Brc1ccccc1OC1C=C[C@H](OCc2ccccc2)C1. The summed E-state index contributed by atoms with van der Waals surface area (Å²) < 4.78 is 12.9. The van der Waals surface area contributed by atoms with Crippen LogP contribution in [0, 0.1) is 0 Å². The summed E-state index contributed by atoms with van der Waals surface area (Å²) in [6, 6.07) is 18.1. The molecule has 0 amide bonds. The van der Waals surface area contributed by atoms with Crippen LogP contribution in [0.2, 0.25) is 0 Å². The van der Waals surface area contributed by atoms with Crippen LogP contribution in [0.3, 0.4) is 0 Å². The first-order valence-electron chi connectivity index (χ1n) is 7.06. The second-order valence-corrected chi connectivity index (χ2v) is 5.90. The topological polar surface area (TPSA) is 18.5 Å². The number of halogens is 1. The third kappa shape index (κ3) is 3.96. The van der Waals surface area contributed by atoms with Crippen molar-refractivity contribution in [3.63, 3.8) is 0 Å². The van der Waals surface area contributed by atoms with E-state index in [2.05, 4.69) is 40.2 Å². The highest BCUT2D eigenvalue weighted by Gasteiger charge is 2.21. The molecule has 3 heteroatoms. The van der Waals surface area contributed by atoms with Crippen molar-refractivity contribution in [1.29, 1.82) is 0 Å². The Hall–Kier alpha value is -1.58. The fourth-order valence-corrected chi connectivity index (χ4v) is 2.70.